The predicted octanol–water partition coefficient (Wildman–Crippen LogP) is 5.17. The molecular weight excluding hydrogens is 515 g/mol. The van der Waals surface area contributed by atoms with Crippen LogP contribution in [-0.4, -0.2) is 19.7 Å². The van der Waals surface area contributed by atoms with Crippen molar-refractivity contribution < 1.29 is 30.4 Å². The summed E-state index contributed by atoms with van der Waals surface area (Å²) in [5.41, 5.74) is -3.93. The first-order chi connectivity index (χ1) is 17.3. The van der Waals surface area contributed by atoms with Crippen LogP contribution in [0.25, 0.3) is 22.2 Å². The van der Waals surface area contributed by atoms with E-state index in [-0.39, 0.29) is 27.2 Å². The topological polar surface area (TPSA) is 90.8 Å². The molecule has 0 aliphatic carbocycles. The SMILES string of the molecule is CS(=O)(=O)c1ccc(C#N)cc1-c1cc(=O)c2c(F)c(C#Cc3ccccc3C(F)(F)F)c(F)cc2[nH]1. The smallest absolute Gasteiger partial charge is 0.354 e. The van der Waals surface area contributed by atoms with E-state index in [0.29, 0.717) is 0 Å². The minimum atomic E-state index is -4.74. The summed E-state index contributed by atoms with van der Waals surface area (Å²) in [6.07, 6.45) is -3.83. The summed E-state index contributed by atoms with van der Waals surface area (Å²) in [5, 5.41) is 8.55. The average Bonchev–Trinajstić information content (AvgIpc) is 2.82. The fraction of sp³-hybridized carbons (Fsp3) is 0.0769. The monoisotopic (exact) mass is 528 g/mol. The van der Waals surface area contributed by atoms with Gasteiger partial charge in [-0.25, -0.2) is 17.2 Å². The molecule has 0 saturated carbocycles. The Labute approximate surface area is 206 Å². The van der Waals surface area contributed by atoms with Crippen molar-refractivity contribution in [1.82, 2.24) is 4.98 Å². The van der Waals surface area contributed by atoms with E-state index in [9.17, 15) is 36.0 Å². The van der Waals surface area contributed by atoms with E-state index in [0.717, 1.165) is 36.6 Å². The molecule has 37 heavy (non-hydrogen) atoms. The number of hydrogen-bond donors (Lipinski definition) is 1. The maximum absolute atomic E-state index is 15.2. The molecule has 5 nitrogen and oxygen atoms in total. The highest BCUT2D eigenvalue weighted by Crippen LogP contribution is 2.32. The van der Waals surface area contributed by atoms with Crippen molar-refractivity contribution in [2.45, 2.75) is 11.1 Å². The number of rotatable bonds is 2. The number of sulfone groups is 1. The Morgan fingerprint density at radius 2 is 1.68 bits per heavy atom. The van der Waals surface area contributed by atoms with Gasteiger partial charge in [-0.1, -0.05) is 24.0 Å². The van der Waals surface area contributed by atoms with Gasteiger partial charge in [-0.05, 0) is 36.4 Å². The molecule has 0 bridgehead atoms. The van der Waals surface area contributed by atoms with Gasteiger partial charge in [-0.15, -0.1) is 0 Å². The van der Waals surface area contributed by atoms with Gasteiger partial charge in [0, 0.05) is 23.4 Å². The third-order valence-corrected chi connectivity index (χ3v) is 6.52. The molecule has 1 N–H and O–H groups in total. The lowest BCUT2D eigenvalue weighted by Crippen LogP contribution is -2.09. The van der Waals surface area contributed by atoms with Crippen molar-refractivity contribution in [3.63, 3.8) is 0 Å². The van der Waals surface area contributed by atoms with Crippen LogP contribution in [0, 0.1) is 34.8 Å². The van der Waals surface area contributed by atoms with Gasteiger partial charge in [-0.3, -0.25) is 4.79 Å². The molecule has 186 valence electrons. The third-order valence-electron chi connectivity index (χ3n) is 5.36. The van der Waals surface area contributed by atoms with Crippen LogP contribution in [0.3, 0.4) is 0 Å². The summed E-state index contributed by atoms with van der Waals surface area (Å²) in [5.74, 6) is 1.51. The highest BCUT2D eigenvalue weighted by molar-refractivity contribution is 7.90. The number of alkyl halides is 3. The highest BCUT2D eigenvalue weighted by atomic mass is 32.2. The van der Waals surface area contributed by atoms with E-state index in [2.05, 4.69) is 16.8 Å². The standard InChI is InChI=1S/C26H13F5N2O3S/c1-37(35,36)23-9-6-14(13-32)10-17(23)20-12-22(34)24-21(33-20)11-19(27)16(25(24)28)8-7-15-4-2-3-5-18(15)26(29,30)31/h2-6,9-12H,1H3,(H,33,34). The zero-order valence-electron chi connectivity index (χ0n) is 18.7. The number of aromatic amines is 1. The minimum absolute atomic E-state index is 0.0611. The van der Waals surface area contributed by atoms with Crippen LogP contribution >= 0.6 is 0 Å². The van der Waals surface area contributed by atoms with Crippen LogP contribution in [0.4, 0.5) is 22.0 Å². The largest absolute Gasteiger partial charge is 0.417 e. The van der Waals surface area contributed by atoms with Crippen LogP contribution in [0.1, 0.15) is 22.3 Å². The van der Waals surface area contributed by atoms with E-state index < -0.39 is 55.2 Å². The van der Waals surface area contributed by atoms with Crippen molar-refractivity contribution in [2.75, 3.05) is 6.26 Å². The van der Waals surface area contributed by atoms with Crippen LogP contribution in [0.5, 0.6) is 0 Å². The fourth-order valence-corrected chi connectivity index (χ4v) is 4.59. The highest BCUT2D eigenvalue weighted by Gasteiger charge is 2.32. The van der Waals surface area contributed by atoms with Crippen LogP contribution < -0.4 is 5.43 Å². The summed E-state index contributed by atoms with van der Waals surface area (Å²) >= 11 is 0. The molecule has 1 aromatic heterocycles. The Hall–Kier alpha value is -4.48. The number of benzene rings is 3. The molecule has 11 heteroatoms. The lowest BCUT2D eigenvalue weighted by molar-refractivity contribution is -0.137. The molecule has 0 atom stereocenters. The fourth-order valence-electron chi connectivity index (χ4n) is 3.71. The molecule has 0 fully saturated rings. The summed E-state index contributed by atoms with van der Waals surface area (Å²) in [7, 11) is -3.82. The molecule has 0 amide bonds. The molecule has 0 saturated heterocycles. The van der Waals surface area contributed by atoms with Gasteiger partial charge in [0.2, 0.25) is 0 Å². The van der Waals surface area contributed by atoms with E-state index in [1.165, 1.54) is 24.3 Å². The normalized spacial score (nSPS) is 11.6. The van der Waals surface area contributed by atoms with Crippen molar-refractivity contribution in [1.29, 1.82) is 5.26 Å². The summed E-state index contributed by atoms with van der Waals surface area (Å²) < 4.78 is 94.1. The first-order valence-electron chi connectivity index (χ1n) is 10.3. The van der Waals surface area contributed by atoms with Crippen molar-refractivity contribution in [3.05, 3.63) is 98.7 Å². The Kier molecular flexibility index (Phi) is 6.36. The molecule has 4 rings (SSSR count). The first-order valence-corrected chi connectivity index (χ1v) is 12.2. The average molecular weight is 528 g/mol. The van der Waals surface area contributed by atoms with Gasteiger partial charge in [0.25, 0.3) is 0 Å². The van der Waals surface area contributed by atoms with Crippen molar-refractivity contribution in [2.24, 2.45) is 0 Å². The number of nitriles is 1. The Balaban J connectivity index is 1.93. The number of nitrogens with one attached hydrogen (secondary N) is 1. The van der Waals surface area contributed by atoms with Gasteiger partial charge in [-0.2, -0.15) is 18.4 Å². The molecule has 3 aromatic carbocycles. The van der Waals surface area contributed by atoms with Crippen LogP contribution in [-0.2, 0) is 16.0 Å². The lowest BCUT2D eigenvalue weighted by Gasteiger charge is -2.11. The number of aromatic nitrogens is 1. The van der Waals surface area contributed by atoms with Crippen LogP contribution in [0.15, 0.2) is 64.3 Å². The van der Waals surface area contributed by atoms with Gasteiger partial charge in [0.05, 0.1) is 44.3 Å². The Morgan fingerprint density at radius 3 is 2.32 bits per heavy atom. The van der Waals surface area contributed by atoms with Gasteiger partial charge in [0.15, 0.2) is 21.1 Å². The Bertz CT molecular complexity index is 1860. The zero-order chi connectivity index (χ0) is 27.1. The first kappa shape index (κ1) is 25.6. The number of fused-ring (bicyclic) bond motifs is 1. The maximum Gasteiger partial charge on any atom is 0.417 e. The van der Waals surface area contributed by atoms with E-state index >= 15 is 4.39 Å². The van der Waals surface area contributed by atoms with E-state index in [1.54, 1.807) is 0 Å². The van der Waals surface area contributed by atoms with Gasteiger partial charge < -0.3 is 4.98 Å². The second-order valence-electron chi connectivity index (χ2n) is 7.91. The number of H-pyrrole nitrogens is 1. The number of pyridine rings is 1. The van der Waals surface area contributed by atoms with Crippen LogP contribution in [0.2, 0.25) is 0 Å². The summed E-state index contributed by atoms with van der Waals surface area (Å²) in [6, 6.07) is 11.3. The second-order valence-corrected chi connectivity index (χ2v) is 9.89. The molecule has 0 radical (unpaired) electrons. The molecular formula is C26H13F5N2O3S. The molecule has 1 heterocycles. The third kappa shape index (κ3) is 4.95. The predicted molar refractivity (Wildman–Crippen MR) is 125 cm³/mol. The maximum atomic E-state index is 15.2. The molecule has 0 aliphatic rings. The second kappa shape index (κ2) is 9.19. The van der Waals surface area contributed by atoms with Gasteiger partial charge in [0.1, 0.15) is 5.82 Å². The van der Waals surface area contributed by atoms with Crippen molar-refractivity contribution >= 4 is 20.7 Å². The van der Waals surface area contributed by atoms with E-state index in [4.69, 9.17) is 0 Å². The molecule has 0 aliphatic heterocycles. The Morgan fingerprint density at radius 1 is 0.973 bits per heavy atom. The number of halogens is 5. The molecule has 4 aromatic rings. The molecule has 0 spiro atoms. The zero-order valence-corrected chi connectivity index (χ0v) is 19.5. The van der Waals surface area contributed by atoms with Crippen molar-refractivity contribution in [3.8, 4) is 29.2 Å². The van der Waals surface area contributed by atoms with E-state index in [1.807, 2.05) is 6.07 Å². The minimum Gasteiger partial charge on any atom is -0.354 e. The summed E-state index contributed by atoms with van der Waals surface area (Å²) in [6.45, 7) is 0. The quantitative estimate of drug-likeness (QED) is 0.287. The van der Waals surface area contributed by atoms with Gasteiger partial charge >= 0.3 is 6.18 Å². The number of hydrogen-bond acceptors (Lipinski definition) is 4. The summed E-state index contributed by atoms with van der Waals surface area (Å²) in [4.78, 5) is 15.2. The lowest BCUT2D eigenvalue weighted by atomic mass is 10.0. The molecule has 0 unspecified atom stereocenters. The number of nitrogens with zero attached hydrogens (tertiary/aromatic N) is 1.